The highest BCUT2D eigenvalue weighted by Crippen LogP contribution is 2.40. The third kappa shape index (κ3) is 6.82. The van der Waals surface area contributed by atoms with Crippen LogP contribution in [0.1, 0.15) is 29.9 Å². The summed E-state index contributed by atoms with van der Waals surface area (Å²) in [5, 5.41) is 2.88. The van der Waals surface area contributed by atoms with Crippen molar-refractivity contribution in [2.24, 2.45) is 0 Å². The van der Waals surface area contributed by atoms with Crippen LogP contribution >= 0.6 is 0 Å². The Hall–Kier alpha value is -2.94. The van der Waals surface area contributed by atoms with Crippen molar-refractivity contribution < 1.29 is 35.5 Å². The molecular weight excluding hydrogens is 616 g/mol. The lowest BCUT2D eigenvalue weighted by Gasteiger charge is -2.42. The zero-order valence-electron chi connectivity index (χ0n) is 25.1. The summed E-state index contributed by atoms with van der Waals surface area (Å²) < 4.78 is 92.2. The van der Waals surface area contributed by atoms with Crippen LogP contribution in [-0.2, 0) is 21.4 Å². The summed E-state index contributed by atoms with van der Waals surface area (Å²) in [4.78, 5) is 16.4. The molecule has 0 spiro atoms. The molecule has 1 aromatic heterocycles. The number of carbonyl (C=O) groups is 1. The third-order valence-electron chi connectivity index (χ3n) is 8.46. The number of piperazine rings is 1. The lowest BCUT2D eigenvalue weighted by Crippen LogP contribution is -2.57. The number of nitrogens with zero attached hydrogens (tertiary/aromatic N) is 3. The second kappa shape index (κ2) is 12.8. The Morgan fingerprint density at radius 3 is 2.30 bits per heavy atom. The first-order valence-corrected chi connectivity index (χ1v) is 20.1. The van der Waals surface area contributed by atoms with Gasteiger partial charge in [-0.2, -0.15) is 0 Å². The van der Waals surface area contributed by atoms with Crippen LogP contribution in [0.3, 0.4) is 0 Å². The molecule has 0 bridgehead atoms. The predicted molar refractivity (Wildman–Crippen MR) is 163 cm³/mol. The molecule has 1 amide bonds. The molecule has 0 aliphatic carbocycles. The van der Waals surface area contributed by atoms with Gasteiger partial charge >= 0.3 is 6.09 Å². The maximum Gasteiger partial charge on any atom is 0.410 e. The Bertz CT molecular complexity index is 1620. The number of rotatable bonds is 8. The zero-order valence-corrected chi connectivity index (χ0v) is 26.9. The number of halogens is 4. The first-order valence-electron chi connectivity index (χ1n) is 14.8. The molecule has 240 valence electrons. The SMILES string of the molecule is C[Si](C)(C)CCS(=O)(=O)n1cc(C2CCNC(N3CCN(C(=O)OCc4ccccc4)CC3)C2)c2c(F)c(F)c(F)c(F)c21. The number of amides is 1. The minimum atomic E-state index is -4.20. The molecule has 2 aliphatic heterocycles. The van der Waals surface area contributed by atoms with Gasteiger partial charge in [-0.15, -0.1) is 0 Å². The summed E-state index contributed by atoms with van der Waals surface area (Å²) in [5.41, 5.74) is 0.243. The van der Waals surface area contributed by atoms with Gasteiger partial charge in [0, 0.05) is 45.8 Å². The minimum Gasteiger partial charge on any atom is -0.445 e. The number of fused-ring (bicyclic) bond motifs is 1. The van der Waals surface area contributed by atoms with Gasteiger partial charge in [-0.1, -0.05) is 50.0 Å². The van der Waals surface area contributed by atoms with Crippen molar-refractivity contribution in [3.05, 3.63) is 70.9 Å². The molecule has 2 fully saturated rings. The summed E-state index contributed by atoms with van der Waals surface area (Å²) in [6.07, 6.45) is 1.39. The van der Waals surface area contributed by atoms with Crippen LogP contribution in [0.25, 0.3) is 10.9 Å². The number of nitrogens with one attached hydrogen (secondary N) is 1. The fourth-order valence-electron chi connectivity index (χ4n) is 5.89. The van der Waals surface area contributed by atoms with Crippen molar-refractivity contribution in [1.82, 2.24) is 19.1 Å². The lowest BCUT2D eigenvalue weighted by atomic mass is 9.87. The highest BCUT2D eigenvalue weighted by Gasteiger charge is 2.36. The fraction of sp³-hybridized carbons (Fsp3) is 0.500. The van der Waals surface area contributed by atoms with Gasteiger partial charge in [-0.25, -0.2) is 34.7 Å². The van der Waals surface area contributed by atoms with Gasteiger partial charge in [0.15, 0.2) is 23.3 Å². The summed E-state index contributed by atoms with van der Waals surface area (Å²) >= 11 is 0. The molecule has 14 heteroatoms. The van der Waals surface area contributed by atoms with E-state index in [1.807, 2.05) is 50.0 Å². The van der Waals surface area contributed by atoms with Gasteiger partial charge in [-0.05, 0) is 42.5 Å². The summed E-state index contributed by atoms with van der Waals surface area (Å²) in [7, 11) is -6.04. The topological polar surface area (TPSA) is 83.9 Å². The molecule has 2 aromatic carbocycles. The summed E-state index contributed by atoms with van der Waals surface area (Å²) in [6, 6.07) is 9.74. The maximum atomic E-state index is 15.3. The van der Waals surface area contributed by atoms with Gasteiger partial charge in [0.1, 0.15) is 12.1 Å². The zero-order chi connectivity index (χ0) is 31.8. The van der Waals surface area contributed by atoms with E-state index in [4.69, 9.17) is 4.74 Å². The van der Waals surface area contributed by atoms with Crippen LogP contribution in [0.15, 0.2) is 36.5 Å². The molecule has 0 radical (unpaired) electrons. The molecule has 2 atom stereocenters. The van der Waals surface area contributed by atoms with E-state index in [-0.39, 0.29) is 24.1 Å². The van der Waals surface area contributed by atoms with E-state index in [0.717, 1.165) is 11.8 Å². The highest BCUT2D eigenvalue weighted by molar-refractivity contribution is 7.90. The lowest BCUT2D eigenvalue weighted by molar-refractivity contribution is 0.0452. The van der Waals surface area contributed by atoms with E-state index < -0.39 is 64.3 Å². The van der Waals surface area contributed by atoms with E-state index in [9.17, 15) is 22.0 Å². The second-order valence-electron chi connectivity index (χ2n) is 12.7. The normalized spacial score (nSPS) is 20.3. The molecule has 5 rings (SSSR count). The van der Waals surface area contributed by atoms with Crippen LogP contribution in [0, 0.1) is 23.3 Å². The number of hydrogen-bond donors (Lipinski definition) is 1. The average Bonchev–Trinajstić information content (AvgIpc) is 3.43. The first-order chi connectivity index (χ1) is 20.8. The van der Waals surface area contributed by atoms with E-state index in [1.54, 1.807) is 4.90 Å². The Labute approximate surface area is 256 Å². The minimum absolute atomic E-state index is 0.140. The van der Waals surface area contributed by atoms with Crippen molar-refractivity contribution >= 4 is 35.1 Å². The Morgan fingerprint density at radius 2 is 1.64 bits per heavy atom. The van der Waals surface area contributed by atoms with Gasteiger partial charge in [0.25, 0.3) is 0 Å². The van der Waals surface area contributed by atoms with E-state index in [0.29, 0.717) is 55.6 Å². The molecule has 1 N–H and O–H groups in total. The largest absolute Gasteiger partial charge is 0.445 e. The fourth-order valence-corrected chi connectivity index (χ4v) is 10.3. The Morgan fingerprint density at radius 1 is 0.977 bits per heavy atom. The standard InChI is InChI=1S/C30H38F4N4O4SSi/c1-44(2,3)16-15-43(40,41)38-18-22(24-25(31)26(32)27(33)28(34)29(24)38)21-9-10-35-23(17-21)36-11-13-37(14-12-36)30(39)42-19-20-7-5-4-6-8-20/h4-8,18,21,23,35H,9-17,19H2,1-3H3. The molecule has 3 aromatic rings. The highest BCUT2D eigenvalue weighted by atomic mass is 32.2. The predicted octanol–water partition coefficient (Wildman–Crippen LogP) is 5.46. The van der Waals surface area contributed by atoms with Crippen LogP contribution in [0.4, 0.5) is 22.4 Å². The Kier molecular flexibility index (Phi) is 9.45. The Balaban J connectivity index is 1.34. The second-order valence-corrected chi connectivity index (χ2v) is 20.3. The number of benzene rings is 2. The number of piperidine rings is 1. The monoisotopic (exact) mass is 654 g/mol. The molecular formula is C30H38F4N4O4SSi. The maximum absolute atomic E-state index is 15.3. The number of aromatic nitrogens is 1. The number of carbonyl (C=O) groups excluding carboxylic acids is 1. The smallest absolute Gasteiger partial charge is 0.410 e. The molecule has 8 nitrogen and oxygen atoms in total. The van der Waals surface area contributed by atoms with E-state index in [2.05, 4.69) is 10.2 Å². The average molecular weight is 655 g/mol. The number of ether oxygens (including phenoxy) is 1. The van der Waals surface area contributed by atoms with E-state index >= 15 is 8.78 Å². The summed E-state index contributed by atoms with van der Waals surface area (Å²) in [5.74, 6) is -8.09. The summed E-state index contributed by atoms with van der Waals surface area (Å²) in [6.45, 7) is 8.52. The third-order valence-corrected chi connectivity index (χ3v) is 12.2. The molecule has 44 heavy (non-hydrogen) atoms. The molecule has 3 heterocycles. The van der Waals surface area contributed by atoms with Crippen molar-refractivity contribution in [2.45, 2.75) is 57.2 Å². The van der Waals surface area contributed by atoms with Crippen molar-refractivity contribution in [3.63, 3.8) is 0 Å². The van der Waals surface area contributed by atoms with Crippen molar-refractivity contribution in [3.8, 4) is 0 Å². The van der Waals surface area contributed by atoms with Gasteiger partial charge in [0.05, 0.1) is 11.9 Å². The van der Waals surface area contributed by atoms with Gasteiger partial charge < -0.3 is 15.0 Å². The molecule has 2 aliphatic rings. The van der Waals surface area contributed by atoms with Crippen molar-refractivity contribution in [2.75, 3.05) is 38.5 Å². The molecule has 2 unspecified atom stereocenters. The molecule has 0 saturated carbocycles. The quantitative estimate of drug-likeness (QED) is 0.150. The van der Waals surface area contributed by atoms with Gasteiger partial charge in [0.2, 0.25) is 10.0 Å². The molecule has 2 saturated heterocycles. The van der Waals surface area contributed by atoms with Crippen LogP contribution < -0.4 is 5.32 Å². The van der Waals surface area contributed by atoms with Crippen LogP contribution in [0.5, 0.6) is 0 Å². The van der Waals surface area contributed by atoms with Crippen LogP contribution in [-0.4, -0.2) is 81.0 Å². The first kappa shape index (κ1) is 32.5. The van der Waals surface area contributed by atoms with Gasteiger partial charge in [-0.3, -0.25) is 4.90 Å². The van der Waals surface area contributed by atoms with E-state index in [1.165, 1.54) is 0 Å². The van der Waals surface area contributed by atoms with Crippen molar-refractivity contribution in [1.29, 1.82) is 0 Å². The number of hydrogen-bond acceptors (Lipinski definition) is 6. The van der Waals surface area contributed by atoms with Crippen LogP contribution in [0.2, 0.25) is 25.7 Å².